The summed E-state index contributed by atoms with van der Waals surface area (Å²) in [5, 5.41) is 17.9. The van der Waals surface area contributed by atoms with Crippen LogP contribution in [0.4, 0.5) is 4.39 Å². The van der Waals surface area contributed by atoms with Crippen LogP contribution in [0.5, 0.6) is 5.75 Å². The SMILES string of the molecule is CC(C#N)c1c(F)ccc(O)c1Br. The predicted octanol–water partition coefficient (Wildman–Crippen LogP) is 2.92. The van der Waals surface area contributed by atoms with Crippen molar-refractivity contribution in [2.75, 3.05) is 0 Å². The standard InChI is InChI=1S/C9H7BrFNO/c1-5(4-12)8-6(11)2-3-7(13)9(8)10/h2-3,5,13H,1H3. The summed E-state index contributed by atoms with van der Waals surface area (Å²) in [6, 6.07) is 4.29. The number of nitriles is 1. The average Bonchev–Trinajstić information content (AvgIpc) is 2.12. The van der Waals surface area contributed by atoms with Gasteiger partial charge in [-0.2, -0.15) is 5.26 Å². The lowest BCUT2D eigenvalue weighted by Crippen LogP contribution is -1.96. The van der Waals surface area contributed by atoms with E-state index < -0.39 is 11.7 Å². The number of rotatable bonds is 1. The number of phenolic OH excluding ortho intramolecular Hbond substituents is 1. The molecule has 0 spiro atoms. The van der Waals surface area contributed by atoms with E-state index in [9.17, 15) is 9.50 Å². The Bertz CT molecular complexity index is 373. The van der Waals surface area contributed by atoms with Gasteiger partial charge < -0.3 is 5.11 Å². The second-order valence-corrected chi connectivity index (χ2v) is 3.44. The number of hydrogen-bond acceptors (Lipinski definition) is 2. The van der Waals surface area contributed by atoms with Gasteiger partial charge in [0.2, 0.25) is 0 Å². The molecular weight excluding hydrogens is 237 g/mol. The monoisotopic (exact) mass is 243 g/mol. The van der Waals surface area contributed by atoms with Gasteiger partial charge in [0.1, 0.15) is 11.6 Å². The zero-order chi connectivity index (χ0) is 10.0. The minimum Gasteiger partial charge on any atom is -0.507 e. The highest BCUT2D eigenvalue weighted by atomic mass is 79.9. The van der Waals surface area contributed by atoms with Crippen molar-refractivity contribution in [2.45, 2.75) is 12.8 Å². The third-order valence-electron chi connectivity index (χ3n) is 1.73. The number of halogens is 2. The van der Waals surface area contributed by atoms with E-state index in [-0.39, 0.29) is 15.8 Å². The van der Waals surface area contributed by atoms with Crippen LogP contribution >= 0.6 is 15.9 Å². The van der Waals surface area contributed by atoms with Crippen molar-refractivity contribution >= 4 is 15.9 Å². The van der Waals surface area contributed by atoms with Crippen LogP contribution in [0.25, 0.3) is 0 Å². The second-order valence-electron chi connectivity index (χ2n) is 2.64. The smallest absolute Gasteiger partial charge is 0.130 e. The molecule has 0 aliphatic rings. The van der Waals surface area contributed by atoms with Crippen molar-refractivity contribution in [3.05, 3.63) is 28.0 Å². The number of phenols is 1. The third-order valence-corrected chi connectivity index (χ3v) is 2.57. The summed E-state index contributed by atoms with van der Waals surface area (Å²) in [6.45, 7) is 1.57. The first-order chi connectivity index (χ1) is 6.07. The van der Waals surface area contributed by atoms with Gasteiger partial charge in [-0.25, -0.2) is 4.39 Å². The van der Waals surface area contributed by atoms with E-state index in [1.54, 1.807) is 6.92 Å². The Balaban J connectivity index is 3.35. The molecule has 1 atom stereocenters. The quantitative estimate of drug-likeness (QED) is 0.825. The van der Waals surface area contributed by atoms with Crippen molar-refractivity contribution in [3.8, 4) is 11.8 Å². The maximum atomic E-state index is 13.2. The molecule has 0 aliphatic heterocycles. The molecule has 1 N–H and O–H groups in total. The highest BCUT2D eigenvalue weighted by Crippen LogP contribution is 2.33. The molecule has 0 aliphatic carbocycles. The van der Waals surface area contributed by atoms with Crippen LogP contribution in [0, 0.1) is 17.1 Å². The van der Waals surface area contributed by atoms with Crippen LogP contribution in [0.2, 0.25) is 0 Å². The largest absolute Gasteiger partial charge is 0.507 e. The van der Waals surface area contributed by atoms with E-state index in [1.165, 1.54) is 6.07 Å². The third kappa shape index (κ3) is 1.81. The first kappa shape index (κ1) is 10.0. The molecule has 0 radical (unpaired) electrons. The van der Waals surface area contributed by atoms with Crippen molar-refractivity contribution in [3.63, 3.8) is 0 Å². The molecule has 1 rings (SSSR count). The lowest BCUT2D eigenvalue weighted by Gasteiger charge is -2.08. The lowest BCUT2D eigenvalue weighted by molar-refractivity contribution is 0.467. The molecule has 0 aromatic heterocycles. The van der Waals surface area contributed by atoms with Gasteiger partial charge in [-0.15, -0.1) is 0 Å². The fraction of sp³-hybridized carbons (Fsp3) is 0.222. The molecule has 0 saturated carbocycles. The van der Waals surface area contributed by atoms with Crippen LogP contribution in [-0.2, 0) is 0 Å². The second kappa shape index (κ2) is 3.75. The van der Waals surface area contributed by atoms with Crippen molar-refractivity contribution in [1.82, 2.24) is 0 Å². The summed E-state index contributed by atoms with van der Waals surface area (Å²) in [4.78, 5) is 0. The Kier molecular flexibility index (Phi) is 2.89. The number of hydrogen-bond donors (Lipinski definition) is 1. The molecule has 0 fully saturated rings. The van der Waals surface area contributed by atoms with Gasteiger partial charge in [-0.3, -0.25) is 0 Å². The molecule has 0 bridgehead atoms. The Labute approximate surface area is 83.7 Å². The van der Waals surface area contributed by atoms with E-state index in [2.05, 4.69) is 15.9 Å². The molecule has 1 unspecified atom stereocenters. The minimum atomic E-state index is -0.582. The summed E-state index contributed by atoms with van der Waals surface area (Å²) in [5.41, 5.74) is 0.197. The summed E-state index contributed by atoms with van der Waals surface area (Å²) in [5.74, 6) is -1.13. The van der Waals surface area contributed by atoms with Gasteiger partial charge in [-0.05, 0) is 35.0 Å². The average molecular weight is 244 g/mol. The molecule has 1 aromatic carbocycles. The number of benzene rings is 1. The topological polar surface area (TPSA) is 44.0 Å². The molecule has 1 aromatic rings. The molecule has 4 heteroatoms. The number of aromatic hydroxyl groups is 1. The number of nitrogens with zero attached hydrogens (tertiary/aromatic N) is 1. The van der Waals surface area contributed by atoms with E-state index in [0.717, 1.165) is 6.07 Å². The van der Waals surface area contributed by atoms with Gasteiger partial charge in [-0.1, -0.05) is 0 Å². The zero-order valence-corrected chi connectivity index (χ0v) is 8.47. The fourth-order valence-electron chi connectivity index (χ4n) is 1.02. The van der Waals surface area contributed by atoms with Crippen LogP contribution in [0.3, 0.4) is 0 Å². The van der Waals surface area contributed by atoms with Gasteiger partial charge in [0, 0.05) is 5.56 Å². The highest BCUT2D eigenvalue weighted by Gasteiger charge is 2.16. The highest BCUT2D eigenvalue weighted by molar-refractivity contribution is 9.10. The lowest BCUT2D eigenvalue weighted by atomic mass is 10.0. The molecule has 13 heavy (non-hydrogen) atoms. The summed E-state index contributed by atoms with van der Waals surface area (Å²) in [7, 11) is 0. The first-order valence-corrected chi connectivity index (χ1v) is 4.43. The molecule has 0 saturated heterocycles. The normalized spacial score (nSPS) is 12.2. The first-order valence-electron chi connectivity index (χ1n) is 3.64. The molecule has 0 heterocycles. The summed E-state index contributed by atoms with van der Waals surface area (Å²) < 4.78 is 13.4. The Morgan fingerprint density at radius 3 is 2.77 bits per heavy atom. The Morgan fingerprint density at radius 1 is 1.62 bits per heavy atom. The predicted molar refractivity (Wildman–Crippen MR) is 49.8 cm³/mol. The van der Waals surface area contributed by atoms with Crippen molar-refractivity contribution in [2.24, 2.45) is 0 Å². The molecular formula is C9H7BrFNO. The molecule has 2 nitrogen and oxygen atoms in total. The van der Waals surface area contributed by atoms with Gasteiger partial charge in [0.05, 0.1) is 16.5 Å². The van der Waals surface area contributed by atoms with Crippen LogP contribution in [0.1, 0.15) is 18.4 Å². The van der Waals surface area contributed by atoms with Gasteiger partial charge in [0.25, 0.3) is 0 Å². The minimum absolute atomic E-state index is 0.0569. The fourth-order valence-corrected chi connectivity index (χ4v) is 1.68. The van der Waals surface area contributed by atoms with Crippen LogP contribution in [0.15, 0.2) is 16.6 Å². The van der Waals surface area contributed by atoms with E-state index in [0.29, 0.717) is 0 Å². The van der Waals surface area contributed by atoms with Gasteiger partial charge in [0.15, 0.2) is 0 Å². The van der Waals surface area contributed by atoms with Crippen LogP contribution < -0.4 is 0 Å². The summed E-state index contributed by atoms with van der Waals surface area (Å²) >= 11 is 3.03. The Hall–Kier alpha value is -1.08. The van der Waals surface area contributed by atoms with Gasteiger partial charge >= 0.3 is 0 Å². The molecule has 68 valence electrons. The maximum Gasteiger partial charge on any atom is 0.130 e. The van der Waals surface area contributed by atoms with E-state index in [4.69, 9.17) is 5.26 Å². The van der Waals surface area contributed by atoms with E-state index >= 15 is 0 Å². The zero-order valence-electron chi connectivity index (χ0n) is 6.88. The Morgan fingerprint density at radius 2 is 2.23 bits per heavy atom. The van der Waals surface area contributed by atoms with Crippen molar-refractivity contribution in [1.29, 1.82) is 5.26 Å². The summed E-state index contributed by atoms with van der Waals surface area (Å²) in [6.07, 6.45) is 0. The van der Waals surface area contributed by atoms with Crippen molar-refractivity contribution < 1.29 is 9.50 Å². The molecule has 0 amide bonds. The van der Waals surface area contributed by atoms with E-state index in [1.807, 2.05) is 6.07 Å². The maximum absolute atomic E-state index is 13.2. The van der Waals surface area contributed by atoms with Crippen LogP contribution in [-0.4, -0.2) is 5.11 Å².